The number of piperidine rings is 1. The zero-order chi connectivity index (χ0) is 17.7. The van der Waals surface area contributed by atoms with Gasteiger partial charge in [-0.1, -0.05) is 6.92 Å². The molecule has 1 heterocycles. The highest BCUT2D eigenvalue weighted by atomic mass is 16.5. The van der Waals surface area contributed by atoms with Gasteiger partial charge in [0.05, 0.1) is 12.7 Å². The van der Waals surface area contributed by atoms with E-state index in [1.54, 1.807) is 24.3 Å². The Morgan fingerprint density at radius 3 is 2.25 bits per heavy atom. The Bertz CT molecular complexity index is 604. The van der Waals surface area contributed by atoms with Crippen molar-refractivity contribution >= 4 is 23.5 Å². The van der Waals surface area contributed by atoms with Crippen LogP contribution in [-0.4, -0.2) is 49.4 Å². The molecule has 0 unspecified atom stereocenters. The van der Waals surface area contributed by atoms with Gasteiger partial charge in [-0.05, 0) is 43.0 Å². The molecule has 2 rings (SSSR count). The summed E-state index contributed by atoms with van der Waals surface area (Å²) >= 11 is 0. The second-order valence-electron chi connectivity index (χ2n) is 6.21. The van der Waals surface area contributed by atoms with Gasteiger partial charge in [0.2, 0.25) is 11.8 Å². The molecule has 1 aromatic rings. The van der Waals surface area contributed by atoms with Crippen LogP contribution < -0.4 is 4.90 Å². The SMILES string of the molecule is COC(=O)c1ccc(N(CC(=O)N2CCC(C)CC2)C(C)=O)cc1. The zero-order valence-electron chi connectivity index (χ0n) is 14.4. The number of likely N-dealkylation sites (tertiary alicyclic amines) is 1. The second-order valence-corrected chi connectivity index (χ2v) is 6.21. The van der Waals surface area contributed by atoms with E-state index in [4.69, 9.17) is 0 Å². The molecule has 24 heavy (non-hydrogen) atoms. The number of carbonyl (C=O) groups is 3. The summed E-state index contributed by atoms with van der Waals surface area (Å²) < 4.78 is 4.66. The molecule has 0 bridgehead atoms. The molecule has 0 aromatic heterocycles. The first kappa shape index (κ1) is 18.0. The Morgan fingerprint density at radius 1 is 1.17 bits per heavy atom. The van der Waals surface area contributed by atoms with Crippen molar-refractivity contribution in [3.8, 4) is 0 Å². The van der Waals surface area contributed by atoms with Gasteiger partial charge in [-0.25, -0.2) is 4.79 Å². The van der Waals surface area contributed by atoms with Crippen LogP contribution in [0, 0.1) is 5.92 Å². The quantitative estimate of drug-likeness (QED) is 0.792. The summed E-state index contributed by atoms with van der Waals surface area (Å²) in [6, 6.07) is 6.48. The van der Waals surface area contributed by atoms with E-state index in [1.807, 2.05) is 4.90 Å². The molecule has 1 aliphatic heterocycles. The van der Waals surface area contributed by atoms with E-state index in [0.29, 0.717) is 17.2 Å². The van der Waals surface area contributed by atoms with Crippen LogP contribution >= 0.6 is 0 Å². The number of nitrogens with zero attached hydrogens (tertiary/aromatic N) is 2. The van der Waals surface area contributed by atoms with Crippen molar-refractivity contribution < 1.29 is 19.1 Å². The minimum Gasteiger partial charge on any atom is -0.465 e. The minimum absolute atomic E-state index is 0.0152. The summed E-state index contributed by atoms with van der Waals surface area (Å²) in [4.78, 5) is 39.2. The lowest BCUT2D eigenvalue weighted by molar-refractivity contribution is -0.132. The molecule has 6 nitrogen and oxygen atoms in total. The Kier molecular flexibility index (Phi) is 5.95. The van der Waals surface area contributed by atoms with Crippen LogP contribution in [0.3, 0.4) is 0 Å². The molecule has 2 amide bonds. The number of carbonyl (C=O) groups excluding carboxylic acids is 3. The van der Waals surface area contributed by atoms with E-state index in [1.165, 1.54) is 18.9 Å². The maximum absolute atomic E-state index is 12.5. The molecule has 130 valence electrons. The summed E-state index contributed by atoms with van der Waals surface area (Å²) in [5.74, 6) is -0.0491. The topological polar surface area (TPSA) is 66.9 Å². The molecular weight excluding hydrogens is 308 g/mol. The van der Waals surface area contributed by atoms with Gasteiger partial charge in [-0.2, -0.15) is 0 Å². The lowest BCUT2D eigenvalue weighted by Crippen LogP contribution is -2.45. The molecule has 1 aliphatic rings. The Morgan fingerprint density at radius 2 is 1.75 bits per heavy atom. The van der Waals surface area contributed by atoms with E-state index >= 15 is 0 Å². The van der Waals surface area contributed by atoms with Crippen molar-refractivity contribution in [1.82, 2.24) is 4.90 Å². The third-order valence-corrected chi connectivity index (χ3v) is 4.41. The predicted octanol–water partition coefficient (Wildman–Crippen LogP) is 2.08. The maximum Gasteiger partial charge on any atom is 0.337 e. The maximum atomic E-state index is 12.5. The number of hydrogen-bond acceptors (Lipinski definition) is 4. The second kappa shape index (κ2) is 7.95. The van der Waals surface area contributed by atoms with Gasteiger partial charge in [0.1, 0.15) is 6.54 Å². The molecule has 6 heteroatoms. The fourth-order valence-electron chi connectivity index (χ4n) is 2.77. The minimum atomic E-state index is -0.436. The number of benzene rings is 1. The van der Waals surface area contributed by atoms with E-state index in [9.17, 15) is 14.4 Å². The zero-order valence-corrected chi connectivity index (χ0v) is 14.4. The molecular formula is C18H24N2O4. The standard InChI is InChI=1S/C18H24N2O4/c1-13-8-10-19(11-9-13)17(22)12-20(14(2)21)16-6-4-15(5-7-16)18(23)24-3/h4-7,13H,8-12H2,1-3H3. The van der Waals surface area contributed by atoms with Crippen LogP contribution in [0.25, 0.3) is 0 Å². The summed E-state index contributed by atoms with van der Waals surface area (Å²) in [5, 5.41) is 0. The van der Waals surface area contributed by atoms with Crippen LogP contribution in [-0.2, 0) is 14.3 Å². The number of ether oxygens (including phenoxy) is 1. The summed E-state index contributed by atoms with van der Waals surface area (Å²) in [6.07, 6.45) is 2.00. The van der Waals surface area contributed by atoms with Crippen LogP contribution in [0.1, 0.15) is 37.0 Å². The van der Waals surface area contributed by atoms with Crippen LogP contribution in [0.4, 0.5) is 5.69 Å². The van der Waals surface area contributed by atoms with Crippen LogP contribution in [0.15, 0.2) is 24.3 Å². The average molecular weight is 332 g/mol. The number of amides is 2. The van der Waals surface area contributed by atoms with Gasteiger partial charge >= 0.3 is 5.97 Å². The molecule has 0 spiro atoms. The normalized spacial score (nSPS) is 15.0. The molecule has 1 aromatic carbocycles. The van der Waals surface area contributed by atoms with Gasteiger partial charge < -0.3 is 14.5 Å². The first-order valence-electron chi connectivity index (χ1n) is 8.16. The number of anilines is 1. The highest BCUT2D eigenvalue weighted by Gasteiger charge is 2.24. The van der Waals surface area contributed by atoms with Gasteiger partial charge in [-0.15, -0.1) is 0 Å². The number of rotatable bonds is 4. The van der Waals surface area contributed by atoms with Gasteiger partial charge in [0, 0.05) is 25.7 Å². The van der Waals surface area contributed by atoms with Gasteiger partial charge in [-0.3, -0.25) is 9.59 Å². The summed E-state index contributed by atoms with van der Waals surface area (Å²) in [6.45, 7) is 5.12. The van der Waals surface area contributed by atoms with Crippen molar-refractivity contribution in [3.05, 3.63) is 29.8 Å². The molecule has 0 N–H and O–H groups in total. The molecule has 0 radical (unpaired) electrons. The lowest BCUT2D eigenvalue weighted by Gasteiger charge is -2.32. The van der Waals surface area contributed by atoms with Crippen LogP contribution in [0.5, 0.6) is 0 Å². The van der Waals surface area contributed by atoms with Crippen molar-refractivity contribution in [2.75, 3.05) is 31.6 Å². The Labute approximate surface area is 142 Å². The summed E-state index contributed by atoms with van der Waals surface area (Å²) in [5.41, 5.74) is 0.995. The molecule has 0 aliphatic carbocycles. The predicted molar refractivity (Wildman–Crippen MR) is 90.8 cm³/mol. The third-order valence-electron chi connectivity index (χ3n) is 4.41. The monoisotopic (exact) mass is 332 g/mol. The fraction of sp³-hybridized carbons (Fsp3) is 0.500. The largest absolute Gasteiger partial charge is 0.465 e. The van der Waals surface area contributed by atoms with Crippen LogP contribution in [0.2, 0.25) is 0 Å². The fourth-order valence-corrected chi connectivity index (χ4v) is 2.77. The number of methoxy groups -OCH3 is 1. The van der Waals surface area contributed by atoms with Gasteiger partial charge in [0.25, 0.3) is 0 Å². The molecule has 1 fully saturated rings. The van der Waals surface area contributed by atoms with E-state index < -0.39 is 5.97 Å². The molecule has 1 saturated heterocycles. The first-order chi connectivity index (χ1) is 11.4. The summed E-state index contributed by atoms with van der Waals surface area (Å²) in [7, 11) is 1.32. The molecule has 0 atom stereocenters. The smallest absolute Gasteiger partial charge is 0.337 e. The number of hydrogen-bond donors (Lipinski definition) is 0. The van der Waals surface area contributed by atoms with Crippen molar-refractivity contribution in [2.24, 2.45) is 5.92 Å². The van der Waals surface area contributed by atoms with E-state index in [0.717, 1.165) is 25.9 Å². The Hall–Kier alpha value is -2.37. The molecule has 0 saturated carbocycles. The number of esters is 1. The van der Waals surface area contributed by atoms with Crippen molar-refractivity contribution in [2.45, 2.75) is 26.7 Å². The highest BCUT2D eigenvalue weighted by Crippen LogP contribution is 2.19. The average Bonchev–Trinajstić information content (AvgIpc) is 2.59. The lowest BCUT2D eigenvalue weighted by atomic mass is 9.99. The third kappa shape index (κ3) is 4.34. The van der Waals surface area contributed by atoms with Crippen molar-refractivity contribution in [3.63, 3.8) is 0 Å². The van der Waals surface area contributed by atoms with Gasteiger partial charge in [0.15, 0.2) is 0 Å². The van der Waals surface area contributed by atoms with E-state index in [-0.39, 0.29) is 18.4 Å². The van der Waals surface area contributed by atoms with E-state index in [2.05, 4.69) is 11.7 Å². The highest BCUT2D eigenvalue weighted by molar-refractivity contribution is 5.98. The first-order valence-corrected chi connectivity index (χ1v) is 8.16. The van der Waals surface area contributed by atoms with Crippen molar-refractivity contribution in [1.29, 1.82) is 0 Å². The Balaban J connectivity index is 2.07.